The SMILES string of the molecule is O=C1Oc2ccccc2[C@]2(O)[C@@H]3CCCCC[C@H]3[C@@H]12. The van der Waals surface area contributed by atoms with Crippen LogP contribution in [0.15, 0.2) is 24.3 Å². The number of aliphatic hydroxyl groups is 1. The Kier molecular flexibility index (Phi) is 2.31. The topological polar surface area (TPSA) is 46.5 Å². The van der Waals surface area contributed by atoms with Crippen molar-refractivity contribution >= 4 is 5.97 Å². The van der Waals surface area contributed by atoms with E-state index in [0.717, 1.165) is 24.8 Å². The van der Waals surface area contributed by atoms with Gasteiger partial charge >= 0.3 is 5.97 Å². The Morgan fingerprint density at radius 2 is 1.95 bits per heavy atom. The van der Waals surface area contributed by atoms with Crippen LogP contribution in [0.25, 0.3) is 0 Å². The number of esters is 1. The van der Waals surface area contributed by atoms with Crippen LogP contribution in [0.3, 0.4) is 0 Å². The molecule has 3 nitrogen and oxygen atoms in total. The second-order valence-corrected chi connectivity index (χ2v) is 6.13. The highest BCUT2D eigenvalue weighted by molar-refractivity contribution is 5.82. The van der Waals surface area contributed by atoms with Crippen LogP contribution in [0.4, 0.5) is 0 Å². The van der Waals surface area contributed by atoms with Crippen molar-refractivity contribution in [2.75, 3.05) is 0 Å². The average molecular weight is 258 g/mol. The lowest BCUT2D eigenvalue weighted by atomic mass is 9.49. The highest BCUT2D eigenvalue weighted by Crippen LogP contribution is 2.63. The van der Waals surface area contributed by atoms with Crippen molar-refractivity contribution in [3.05, 3.63) is 29.8 Å². The lowest BCUT2D eigenvalue weighted by Gasteiger charge is -2.59. The summed E-state index contributed by atoms with van der Waals surface area (Å²) in [5, 5.41) is 11.2. The molecule has 2 aliphatic carbocycles. The summed E-state index contributed by atoms with van der Waals surface area (Å²) in [6, 6.07) is 7.46. The Hall–Kier alpha value is -1.35. The molecule has 0 radical (unpaired) electrons. The molecule has 1 N–H and O–H groups in total. The van der Waals surface area contributed by atoms with Gasteiger partial charge in [0.05, 0.1) is 5.92 Å². The Balaban J connectivity index is 1.83. The van der Waals surface area contributed by atoms with Crippen LogP contribution in [-0.2, 0) is 10.4 Å². The molecule has 1 aromatic rings. The summed E-state index contributed by atoms with van der Waals surface area (Å²) >= 11 is 0. The van der Waals surface area contributed by atoms with Gasteiger partial charge < -0.3 is 9.84 Å². The molecule has 2 saturated carbocycles. The fourth-order valence-corrected chi connectivity index (χ4v) is 4.50. The van der Waals surface area contributed by atoms with Crippen molar-refractivity contribution in [2.24, 2.45) is 17.8 Å². The van der Waals surface area contributed by atoms with Gasteiger partial charge in [0.1, 0.15) is 11.4 Å². The van der Waals surface area contributed by atoms with Gasteiger partial charge in [-0.25, -0.2) is 0 Å². The van der Waals surface area contributed by atoms with E-state index in [1.54, 1.807) is 6.07 Å². The number of para-hydroxylation sites is 1. The molecule has 3 heteroatoms. The maximum atomic E-state index is 12.2. The van der Waals surface area contributed by atoms with Crippen LogP contribution in [-0.4, -0.2) is 11.1 Å². The smallest absolute Gasteiger partial charge is 0.317 e. The second kappa shape index (κ2) is 3.83. The molecule has 4 rings (SSSR count). The molecule has 0 saturated heterocycles. The first-order valence-corrected chi connectivity index (χ1v) is 7.26. The zero-order chi connectivity index (χ0) is 13.0. The molecular formula is C16H18O3. The molecular weight excluding hydrogens is 240 g/mol. The summed E-state index contributed by atoms with van der Waals surface area (Å²) in [5.41, 5.74) is -0.149. The van der Waals surface area contributed by atoms with Crippen LogP contribution in [0, 0.1) is 17.8 Å². The molecule has 1 aromatic carbocycles. The molecule has 4 atom stereocenters. The molecule has 1 aliphatic heterocycles. The fraction of sp³-hybridized carbons (Fsp3) is 0.562. The van der Waals surface area contributed by atoms with Crippen molar-refractivity contribution in [1.29, 1.82) is 0 Å². The first kappa shape index (κ1) is 11.5. The molecule has 100 valence electrons. The number of hydrogen-bond donors (Lipinski definition) is 1. The molecule has 0 spiro atoms. The fourth-order valence-electron chi connectivity index (χ4n) is 4.50. The van der Waals surface area contributed by atoms with Crippen LogP contribution in [0.1, 0.15) is 37.7 Å². The minimum atomic E-state index is -0.971. The van der Waals surface area contributed by atoms with Gasteiger partial charge in [-0.3, -0.25) is 4.79 Å². The van der Waals surface area contributed by atoms with Crippen LogP contribution in [0.5, 0.6) is 5.75 Å². The summed E-state index contributed by atoms with van der Waals surface area (Å²) in [5.74, 6) is 0.520. The average Bonchev–Trinajstić information content (AvgIpc) is 2.61. The summed E-state index contributed by atoms with van der Waals surface area (Å²) in [6.07, 6.45) is 5.62. The largest absolute Gasteiger partial charge is 0.426 e. The lowest BCUT2D eigenvalue weighted by molar-refractivity contribution is -0.226. The van der Waals surface area contributed by atoms with Gasteiger partial charge in [-0.15, -0.1) is 0 Å². The molecule has 0 unspecified atom stereocenters. The zero-order valence-corrected chi connectivity index (χ0v) is 10.8. The Labute approximate surface area is 112 Å². The number of hydrogen-bond acceptors (Lipinski definition) is 3. The van der Waals surface area contributed by atoms with Crippen molar-refractivity contribution in [2.45, 2.75) is 37.7 Å². The number of ether oxygens (including phenoxy) is 1. The van der Waals surface area contributed by atoms with Crippen LogP contribution < -0.4 is 4.74 Å². The van der Waals surface area contributed by atoms with Gasteiger partial charge in [-0.05, 0) is 30.7 Å². The standard InChI is InChI=1S/C16H18O3/c17-15-14-10-6-2-1-3-7-11(10)16(14,18)12-8-4-5-9-13(12)19-15/h4-5,8-11,14,18H,1-3,6-7H2/t10-,11-,14+,16-/m1/s1. The minimum Gasteiger partial charge on any atom is -0.426 e. The van der Waals surface area contributed by atoms with E-state index in [2.05, 4.69) is 0 Å². The third-order valence-electron chi connectivity index (χ3n) is 5.32. The van der Waals surface area contributed by atoms with Gasteiger partial charge in [-0.1, -0.05) is 37.5 Å². The van der Waals surface area contributed by atoms with Crippen molar-refractivity contribution in [3.8, 4) is 5.75 Å². The van der Waals surface area contributed by atoms with E-state index in [0.29, 0.717) is 11.7 Å². The van der Waals surface area contributed by atoms with Crippen LogP contribution in [0.2, 0.25) is 0 Å². The summed E-state index contributed by atoms with van der Waals surface area (Å²) in [6.45, 7) is 0. The van der Waals surface area contributed by atoms with Crippen molar-refractivity contribution in [3.63, 3.8) is 0 Å². The predicted octanol–water partition coefficient (Wildman–Crippen LogP) is 2.62. The zero-order valence-electron chi connectivity index (χ0n) is 10.8. The second-order valence-electron chi connectivity index (χ2n) is 6.13. The lowest BCUT2D eigenvalue weighted by Crippen LogP contribution is -2.65. The van der Waals surface area contributed by atoms with E-state index in [-0.39, 0.29) is 17.8 Å². The van der Waals surface area contributed by atoms with Crippen LogP contribution >= 0.6 is 0 Å². The monoisotopic (exact) mass is 258 g/mol. The third kappa shape index (κ3) is 1.34. The molecule has 0 bridgehead atoms. The van der Waals surface area contributed by atoms with Gasteiger partial charge in [0, 0.05) is 5.56 Å². The van der Waals surface area contributed by atoms with Gasteiger partial charge in [0.25, 0.3) is 0 Å². The normalized spacial score (nSPS) is 40.1. The maximum absolute atomic E-state index is 12.2. The summed E-state index contributed by atoms with van der Waals surface area (Å²) in [7, 11) is 0. The molecule has 1 heterocycles. The van der Waals surface area contributed by atoms with E-state index in [1.165, 1.54) is 12.8 Å². The molecule has 19 heavy (non-hydrogen) atoms. The van der Waals surface area contributed by atoms with E-state index in [4.69, 9.17) is 4.74 Å². The first-order chi connectivity index (χ1) is 9.23. The quantitative estimate of drug-likeness (QED) is 0.575. The van der Waals surface area contributed by atoms with E-state index in [9.17, 15) is 9.90 Å². The minimum absolute atomic E-state index is 0.231. The number of rotatable bonds is 0. The van der Waals surface area contributed by atoms with Crippen molar-refractivity contribution in [1.82, 2.24) is 0 Å². The maximum Gasteiger partial charge on any atom is 0.317 e. The summed E-state index contributed by atoms with van der Waals surface area (Å²) in [4.78, 5) is 12.2. The highest BCUT2D eigenvalue weighted by Gasteiger charge is 2.67. The number of benzene rings is 1. The van der Waals surface area contributed by atoms with E-state index < -0.39 is 5.60 Å². The van der Waals surface area contributed by atoms with Gasteiger partial charge in [-0.2, -0.15) is 0 Å². The van der Waals surface area contributed by atoms with Crippen molar-refractivity contribution < 1.29 is 14.6 Å². The Bertz CT molecular complexity index is 539. The van der Waals surface area contributed by atoms with Gasteiger partial charge in [0.2, 0.25) is 0 Å². The number of fused-ring (bicyclic) bond motifs is 6. The predicted molar refractivity (Wildman–Crippen MR) is 69.5 cm³/mol. The molecule has 2 fully saturated rings. The summed E-state index contributed by atoms with van der Waals surface area (Å²) < 4.78 is 5.42. The first-order valence-electron chi connectivity index (χ1n) is 7.26. The third-order valence-corrected chi connectivity index (χ3v) is 5.32. The van der Waals surface area contributed by atoms with E-state index >= 15 is 0 Å². The molecule has 3 aliphatic rings. The highest BCUT2D eigenvalue weighted by atomic mass is 16.5. The number of carbonyl (C=O) groups is 1. The van der Waals surface area contributed by atoms with Gasteiger partial charge in [0.15, 0.2) is 0 Å². The molecule has 0 amide bonds. The number of carbonyl (C=O) groups excluding carboxylic acids is 1. The Morgan fingerprint density at radius 3 is 2.84 bits per heavy atom. The van der Waals surface area contributed by atoms with E-state index in [1.807, 2.05) is 18.2 Å². The molecule has 0 aromatic heterocycles. The Morgan fingerprint density at radius 1 is 1.16 bits per heavy atom.